The lowest BCUT2D eigenvalue weighted by Gasteiger charge is -2.22. The molecule has 1 heterocycles. The number of nitrogens with one attached hydrogen (secondary N) is 1. The molecule has 0 aliphatic carbocycles. The molecule has 4 nitrogen and oxygen atoms in total. The highest BCUT2D eigenvalue weighted by Crippen LogP contribution is 2.10. The monoisotopic (exact) mass is 460 g/mol. The third-order valence-corrected chi connectivity index (χ3v) is 4.11. The highest BCUT2D eigenvalue weighted by molar-refractivity contribution is 14.0. The molecule has 0 spiro atoms. The first kappa shape index (κ1) is 20.8. The van der Waals surface area contributed by atoms with Gasteiger partial charge in [-0.15, -0.1) is 24.0 Å². The van der Waals surface area contributed by atoms with Crippen LogP contribution in [0.4, 0.5) is 0 Å². The van der Waals surface area contributed by atoms with E-state index in [1.54, 1.807) is 0 Å². The molecule has 2 aromatic rings. The molecule has 0 atom stereocenters. The summed E-state index contributed by atoms with van der Waals surface area (Å²) < 4.78 is 2.13. The number of aromatic nitrogens is 1. The Morgan fingerprint density at radius 1 is 1.25 bits per heavy atom. The first-order chi connectivity index (χ1) is 11.1. The van der Waals surface area contributed by atoms with E-state index in [9.17, 15) is 0 Å². The van der Waals surface area contributed by atoms with E-state index in [4.69, 9.17) is 11.6 Å². The lowest BCUT2D eigenvalue weighted by atomic mass is 10.1. The summed E-state index contributed by atoms with van der Waals surface area (Å²) >= 11 is 5.90. The summed E-state index contributed by atoms with van der Waals surface area (Å²) in [6.07, 6.45) is 4.15. The number of benzene rings is 1. The molecule has 1 N–H and O–H groups in total. The number of guanidine groups is 1. The van der Waals surface area contributed by atoms with Crippen LogP contribution in [-0.4, -0.2) is 36.1 Å². The molecule has 0 bridgehead atoms. The summed E-state index contributed by atoms with van der Waals surface area (Å²) in [7, 11) is 5.94. The van der Waals surface area contributed by atoms with Gasteiger partial charge in [0.25, 0.3) is 0 Å². The van der Waals surface area contributed by atoms with Crippen molar-refractivity contribution in [1.29, 1.82) is 0 Å². The maximum atomic E-state index is 5.90. The summed E-state index contributed by atoms with van der Waals surface area (Å²) in [5.41, 5.74) is 2.57. The van der Waals surface area contributed by atoms with Crippen LogP contribution >= 0.6 is 35.6 Å². The van der Waals surface area contributed by atoms with Crippen molar-refractivity contribution >= 4 is 41.5 Å². The summed E-state index contributed by atoms with van der Waals surface area (Å²) in [6, 6.07) is 12.2. The molecule has 0 fully saturated rings. The topological polar surface area (TPSA) is 32.6 Å². The first-order valence-corrected chi connectivity index (χ1v) is 8.24. The van der Waals surface area contributed by atoms with Crippen LogP contribution in [0.2, 0.25) is 5.02 Å². The minimum Gasteiger partial charge on any atom is -0.356 e. The summed E-state index contributed by atoms with van der Waals surface area (Å²) in [4.78, 5) is 6.50. The predicted octanol–water partition coefficient (Wildman–Crippen LogP) is 3.94. The Kier molecular flexibility index (Phi) is 9.21. The minimum absolute atomic E-state index is 0. The third-order valence-electron chi connectivity index (χ3n) is 3.86. The Hall–Kier alpha value is -1.21. The molecule has 132 valence electrons. The van der Waals surface area contributed by atoms with Crippen LogP contribution in [0, 0.1) is 0 Å². The van der Waals surface area contributed by atoms with Crippen LogP contribution in [0.1, 0.15) is 17.7 Å². The molecule has 1 aromatic carbocycles. The van der Waals surface area contributed by atoms with Gasteiger partial charge in [0, 0.05) is 44.6 Å². The van der Waals surface area contributed by atoms with E-state index in [-0.39, 0.29) is 24.0 Å². The number of hydrogen-bond donors (Lipinski definition) is 1. The maximum absolute atomic E-state index is 5.90. The van der Waals surface area contributed by atoms with E-state index in [0.29, 0.717) is 0 Å². The van der Waals surface area contributed by atoms with Crippen LogP contribution in [-0.2, 0) is 20.0 Å². The second-order valence-electron chi connectivity index (χ2n) is 5.67. The van der Waals surface area contributed by atoms with Gasteiger partial charge in [-0.3, -0.25) is 4.99 Å². The molecule has 0 aliphatic rings. The van der Waals surface area contributed by atoms with Crippen molar-refractivity contribution in [3.63, 3.8) is 0 Å². The number of rotatable bonds is 6. The van der Waals surface area contributed by atoms with Gasteiger partial charge in [0.2, 0.25) is 0 Å². The van der Waals surface area contributed by atoms with Gasteiger partial charge in [-0.1, -0.05) is 23.7 Å². The largest absolute Gasteiger partial charge is 0.356 e. The van der Waals surface area contributed by atoms with E-state index in [1.165, 1.54) is 11.3 Å². The highest BCUT2D eigenvalue weighted by Gasteiger charge is 2.07. The summed E-state index contributed by atoms with van der Waals surface area (Å²) in [5.74, 6) is 0.919. The van der Waals surface area contributed by atoms with Gasteiger partial charge in [0.05, 0.1) is 6.54 Å². The zero-order chi connectivity index (χ0) is 16.7. The Morgan fingerprint density at radius 3 is 2.54 bits per heavy atom. The highest BCUT2D eigenvalue weighted by atomic mass is 127. The van der Waals surface area contributed by atoms with Crippen molar-refractivity contribution in [3.8, 4) is 0 Å². The minimum atomic E-state index is 0. The molecule has 0 radical (unpaired) electrons. The van der Waals surface area contributed by atoms with E-state index < -0.39 is 0 Å². The number of aryl methyl sites for hydroxylation is 2. The molecule has 0 saturated heterocycles. The van der Waals surface area contributed by atoms with Gasteiger partial charge in [-0.25, -0.2) is 0 Å². The van der Waals surface area contributed by atoms with Gasteiger partial charge >= 0.3 is 0 Å². The molecule has 0 saturated carbocycles. The molecular formula is C18H26ClIN4. The van der Waals surface area contributed by atoms with E-state index in [1.807, 2.05) is 19.2 Å². The molecule has 1 aromatic heterocycles. The summed E-state index contributed by atoms with van der Waals surface area (Å²) in [6.45, 7) is 1.73. The van der Waals surface area contributed by atoms with Crippen LogP contribution in [0.5, 0.6) is 0 Å². The van der Waals surface area contributed by atoms with Crippen LogP contribution in [0.25, 0.3) is 0 Å². The molecule has 0 aliphatic heterocycles. The fourth-order valence-corrected chi connectivity index (χ4v) is 2.63. The van der Waals surface area contributed by atoms with Crippen molar-refractivity contribution < 1.29 is 0 Å². The Labute approximate surface area is 166 Å². The molecule has 2 rings (SSSR count). The Bertz CT molecular complexity index is 637. The average Bonchev–Trinajstić information content (AvgIpc) is 2.94. The molecule has 24 heavy (non-hydrogen) atoms. The maximum Gasteiger partial charge on any atom is 0.193 e. The number of aliphatic imine (C=N–C) groups is 1. The zero-order valence-electron chi connectivity index (χ0n) is 14.5. The van der Waals surface area contributed by atoms with Crippen molar-refractivity contribution in [2.45, 2.75) is 19.4 Å². The Morgan fingerprint density at radius 2 is 1.96 bits per heavy atom. The standard InChI is InChI=1S/C18H25ClN4.HI/c1-20-18(23(3)14-17-7-5-13-22(17)2)21-12-4-6-15-8-10-16(19)11-9-15;/h5,7-11,13H,4,6,12,14H2,1-3H3,(H,20,21);1H. The number of hydrogen-bond acceptors (Lipinski definition) is 1. The third kappa shape index (κ3) is 6.36. The molecule has 6 heteroatoms. The van der Waals surface area contributed by atoms with E-state index in [0.717, 1.165) is 36.9 Å². The Balaban J connectivity index is 0.00000288. The lowest BCUT2D eigenvalue weighted by Crippen LogP contribution is -2.39. The van der Waals surface area contributed by atoms with Gasteiger partial charge in [-0.05, 0) is 42.7 Å². The second kappa shape index (κ2) is 10.6. The number of halogens is 2. The lowest BCUT2D eigenvalue weighted by molar-refractivity contribution is 0.461. The normalized spacial score (nSPS) is 11.1. The molecule has 0 amide bonds. The molecule has 0 unspecified atom stereocenters. The number of nitrogens with zero attached hydrogens (tertiary/aromatic N) is 3. The van der Waals surface area contributed by atoms with Crippen LogP contribution < -0.4 is 5.32 Å². The van der Waals surface area contributed by atoms with Gasteiger partial charge in [0.15, 0.2) is 5.96 Å². The fourth-order valence-electron chi connectivity index (χ4n) is 2.51. The van der Waals surface area contributed by atoms with Crippen LogP contribution in [0.15, 0.2) is 47.6 Å². The van der Waals surface area contributed by atoms with Gasteiger partial charge in [-0.2, -0.15) is 0 Å². The zero-order valence-corrected chi connectivity index (χ0v) is 17.6. The van der Waals surface area contributed by atoms with Crippen molar-refractivity contribution in [2.24, 2.45) is 12.0 Å². The first-order valence-electron chi connectivity index (χ1n) is 7.86. The van der Waals surface area contributed by atoms with Gasteiger partial charge < -0.3 is 14.8 Å². The SMILES string of the molecule is CN=C(NCCCc1ccc(Cl)cc1)N(C)Cc1cccn1C.I. The molecular weight excluding hydrogens is 435 g/mol. The van der Waals surface area contributed by atoms with Crippen molar-refractivity contribution in [3.05, 3.63) is 58.9 Å². The summed E-state index contributed by atoms with van der Waals surface area (Å²) in [5, 5.41) is 4.21. The quantitative estimate of drug-likeness (QED) is 0.307. The van der Waals surface area contributed by atoms with Crippen LogP contribution in [0.3, 0.4) is 0 Å². The predicted molar refractivity (Wildman–Crippen MR) is 113 cm³/mol. The van der Waals surface area contributed by atoms with E-state index >= 15 is 0 Å². The second-order valence-corrected chi connectivity index (χ2v) is 6.11. The van der Waals surface area contributed by atoms with Gasteiger partial charge in [0.1, 0.15) is 0 Å². The van der Waals surface area contributed by atoms with E-state index in [2.05, 4.69) is 64.3 Å². The smallest absolute Gasteiger partial charge is 0.193 e. The average molecular weight is 461 g/mol. The van der Waals surface area contributed by atoms with Crippen molar-refractivity contribution in [1.82, 2.24) is 14.8 Å². The van der Waals surface area contributed by atoms with Crippen molar-refractivity contribution in [2.75, 3.05) is 20.6 Å². The fraction of sp³-hybridized carbons (Fsp3) is 0.389.